The maximum absolute atomic E-state index is 12.0. The Bertz CT molecular complexity index is 471. The highest BCUT2D eigenvalue weighted by molar-refractivity contribution is 7.89. The molecule has 1 rings (SSSR count). The van der Waals surface area contributed by atoms with Gasteiger partial charge in [0.2, 0.25) is 10.0 Å². The van der Waals surface area contributed by atoms with Crippen LogP contribution in [0, 0.1) is 6.92 Å². The molecule has 0 aliphatic rings. The van der Waals surface area contributed by atoms with E-state index in [2.05, 4.69) is 17.2 Å². The Balaban J connectivity index is 2.39. The van der Waals surface area contributed by atoms with Gasteiger partial charge >= 0.3 is 0 Å². The van der Waals surface area contributed by atoms with Crippen molar-refractivity contribution in [3.05, 3.63) is 16.1 Å². The lowest BCUT2D eigenvalue weighted by atomic mass is 10.4. The monoisotopic (exact) mass is 305 g/mol. The number of rotatable bonds is 9. The first-order valence-electron chi connectivity index (χ1n) is 6.51. The SMILES string of the molecule is CCCNCCCS(=O)(=O)N(C)Cc1csc(C)n1. The Kier molecular flexibility index (Phi) is 6.92. The van der Waals surface area contributed by atoms with Crippen LogP contribution in [0.5, 0.6) is 0 Å². The van der Waals surface area contributed by atoms with Crippen LogP contribution in [0.1, 0.15) is 30.5 Å². The summed E-state index contributed by atoms with van der Waals surface area (Å²) in [6, 6.07) is 0. The van der Waals surface area contributed by atoms with Crippen molar-refractivity contribution >= 4 is 21.4 Å². The molecule has 1 heterocycles. The van der Waals surface area contributed by atoms with E-state index in [0.717, 1.165) is 30.2 Å². The third-order valence-electron chi connectivity index (χ3n) is 2.71. The summed E-state index contributed by atoms with van der Waals surface area (Å²) in [6.07, 6.45) is 1.71. The molecule has 110 valence electrons. The van der Waals surface area contributed by atoms with Gasteiger partial charge < -0.3 is 5.32 Å². The molecular weight excluding hydrogens is 282 g/mol. The maximum Gasteiger partial charge on any atom is 0.214 e. The summed E-state index contributed by atoms with van der Waals surface area (Å²) in [7, 11) is -1.56. The molecule has 19 heavy (non-hydrogen) atoms. The molecule has 0 aliphatic heterocycles. The molecule has 0 unspecified atom stereocenters. The van der Waals surface area contributed by atoms with Gasteiger partial charge in [-0.05, 0) is 32.9 Å². The molecule has 0 saturated heterocycles. The van der Waals surface area contributed by atoms with Crippen LogP contribution in [-0.2, 0) is 16.6 Å². The van der Waals surface area contributed by atoms with Crippen LogP contribution in [0.15, 0.2) is 5.38 Å². The first-order valence-corrected chi connectivity index (χ1v) is 9.00. The average Bonchev–Trinajstić information content (AvgIpc) is 2.74. The molecule has 0 saturated carbocycles. The molecule has 1 aromatic heterocycles. The molecular formula is C12H23N3O2S2. The molecule has 0 atom stereocenters. The molecule has 5 nitrogen and oxygen atoms in total. The molecule has 0 spiro atoms. The third-order valence-corrected chi connectivity index (χ3v) is 5.41. The van der Waals surface area contributed by atoms with Crippen molar-refractivity contribution < 1.29 is 8.42 Å². The lowest BCUT2D eigenvalue weighted by Crippen LogP contribution is -2.30. The molecule has 1 aromatic rings. The third kappa shape index (κ3) is 5.99. The number of thiazole rings is 1. The van der Waals surface area contributed by atoms with Crippen LogP contribution in [0.25, 0.3) is 0 Å². The van der Waals surface area contributed by atoms with Crippen molar-refractivity contribution in [1.29, 1.82) is 0 Å². The zero-order valence-corrected chi connectivity index (χ0v) is 13.5. The normalized spacial score (nSPS) is 12.2. The zero-order chi connectivity index (χ0) is 14.3. The molecule has 0 bridgehead atoms. The van der Waals surface area contributed by atoms with E-state index in [1.54, 1.807) is 18.4 Å². The van der Waals surface area contributed by atoms with Gasteiger partial charge in [0.05, 0.1) is 23.0 Å². The average molecular weight is 305 g/mol. The van der Waals surface area contributed by atoms with Gasteiger partial charge in [0.25, 0.3) is 0 Å². The van der Waals surface area contributed by atoms with Crippen LogP contribution in [0.3, 0.4) is 0 Å². The summed E-state index contributed by atoms with van der Waals surface area (Å²) in [5, 5.41) is 6.08. The molecule has 0 amide bonds. The van der Waals surface area contributed by atoms with Gasteiger partial charge in [0.15, 0.2) is 0 Å². The van der Waals surface area contributed by atoms with Crippen LogP contribution in [-0.4, -0.2) is 43.6 Å². The van der Waals surface area contributed by atoms with Crippen LogP contribution >= 0.6 is 11.3 Å². The predicted molar refractivity (Wildman–Crippen MR) is 79.9 cm³/mol. The van der Waals surface area contributed by atoms with Crippen molar-refractivity contribution in [2.75, 3.05) is 25.9 Å². The minimum Gasteiger partial charge on any atom is -0.317 e. The van der Waals surface area contributed by atoms with Gasteiger partial charge in [-0.1, -0.05) is 6.92 Å². The smallest absolute Gasteiger partial charge is 0.214 e. The fourth-order valence-electron chi connectivity index (χ4n) is 1.64. The highest BCUT2D eigenvalue weighted by Crippen LogP contribution is 2.12. The van der Waals surface area contributed by atoms with Crippen molar-refractivity contribution in [2.24, 2.45) is 0 Å². The van der Waals surface area contributed by atoms with Crippen LogP contribution < -0.4 is 5.32 Å². The van der Waals surface area contributed by atoms with E-state index in [0.29, 0.717) is 13.0 Å². The zero-order valence-electron chi connectivity index (χ0n) is 11.8. The summed E-state index contributed by atoms with van der Waals surface area (Å²) in [5.41, 5.74) is 0.817. The Morgan fingerprint density at radius 2 is 2.16 bits per heavy atom. The number of hydrogen-bond donors (Lipinski definition) is 1. The molecule has 1 N–H and O–H groups in total. The lowest BCUT2D eigenvalue weighted by molar-refractivity contribution is 0.460. The molecule has 0 fully saturated rings. The van der Waals surface area contributed by atoms with Gasteiger partial charge in [-0.15, -0.1) is 11.3 Å². The topological polar surface area (TPSA) is 62.3 Å². The van der Waals surface area contributed by atoms with E-state index in [9.17, 15) is 8.42 Å². The fraction of sp³-hybridized carbons (Fsp3) is 0.750. The number of nitrogens with one attached hydrogen (secondary N) is 1. The van der Waals surface area contributed by atoms with Crippen molar-refractivity contribution in [1.82, 2.24) is 14.6 Å². The highest BCUT2D eigenvalue weighted by atomic mass is 32.2. The van der Waals surface area contributed by atoms with Gasteiger partial charge in [-0.2, -0.15) is 4.31 Å². The minimum absolute atomic E-state index is 0.184. The van der Waals surface area contributed by atoms with Gasteiger partial charge in [0.1, 0.15) is 0 Å². The molecule has 0 radical (unpaired) electrons. The number of sulfonamides is 1. The van der Waals surface area contributed by atoms with E-state index in [1.165, 1.54) is 4.31 Å². The lowest BCUT2D eigenvalue weighted by Gasteiger charge is -2.16. The van der Waals surface area contributed by atoms with Gasteiger partial charge in [-0.25, -0.2) is 13.4 Å². The largest absolute Gasteiger partial charge is 0.317 e. The van der Waals surface area contributed by atoms with E-state index < -0.39 is 10.0 Å². The maximum atomic E-state index is 12.0. The Morgan fingerprint density at radius 3 is 2.74 bits per heavy atom. The van der Waals surface area contributed by atoms with Crippen LogP contribution in [0.2, 0.25) is 0 Å². The summed E-state index contributed by atoms with van der Waals surface area (Å²) in [4.78, 5) is 4.29. The van der Waals surface area contributed by atoms with Crippen molar-refractivity contribution in [2.45, 2.75) is 33.2 Å². The summed E-state index contributed by atoms with van der Waals surface area (Å²) in [5.74, 6) is 0.184. The summed E-state index contributed by atoms with van der Waals surface area (Å²) >= 11 is 1.54. The number of aromatic nitrogens is 1. The Morgan fingerprint density at radius 1 is 1.42 bits per heavy atom. The Labute approximate surface area is 120 Å². The van der Waals surface area contributed by atoms with E-state index in [-0.39, 0.29) is 5.75 Å². The number of aryl methyl sites for hydroxylation is 1. The fourth-order valence-corrected chi connectivity index (χ4v) is 3.40. The van der Waals surface area contributed by atoms with E-state index >= 15 is 0 Å². The second-order valence-electron chi connectivity index (χ2n) is 4.53. The number of hydrogen-bond acceptors (Lipinski definition) is 5. The predicted octanol–water partition coefficient (Wildman–Crippen LogP) is 1.60. The van der Waals surface area contributed by atoms with Gasteiger partial charge in [-0.3, -0.25) is 0 Å². The van der Waals surface area contributed by atoms with E-state index in [1.807, 2.05) is 12.3 Å². The van der Waals surface area contributed by atoms with Crippen molar-refractivity contribution in [3.8, 4) is 0 Å². The first-order chi connectivity index (χ1) is 8.95. The van der Waals surface area contributed by atoms with E-state index in [4.69, 9.17) is 0 Å². The molecule has 0 aliphatic carbocycles. The Hall–Kier alpha value is -0.500. The second-order valence-corrected chi connectivity index (χ2v) is 7.79. The molecule has 7 heteroatoms. The minimum atomic E-state index is -3.18. The van der Waals surface area contributed by atoms with Gasteiger partial charge in [0, 0.05) is 12.4 Å². The van der Waals surface area contributed by atoms with Crippen LogP contribution in [0.4, 0.5) is 0 Å². The first kappa shape index (κ1) is 16.6. The quantitative estimate of drug-likeness (QED) is 0.704. The standard InChI is InChI=1S/C12H23N3O2S2/c1-4-6-13-7-5-8-19(16,17)15(3)9-12-10-18-11(2)14-12/h10,13H,4-9H2,1-3H3. The molecule has 0 aromatic carbocycles. The summed E-state index contributed by atoms with van der Waals surface area (Å²) in [6.45, 7) is 6.05. The number of nitrogens with zero attached hydrogens (tertiary/aromatic N) is 2. The summed E-state index contributed by atoms with van der Waals surface area (Å²) < 4.78 is 25.5. The highest BCUT2D eigenvalue weighted by Gasteiger charge is 2.18. The second kappa shape index (κ2) is 7.94. The van der Waals surface area contributed by atoms with Crippen molar-refractivity contribution in [3.63, 3.8) is 0 Å².